The third-order valence-corrected chi connectivity index (χ3v) is 12.8. The van der Waals surface area contributed by atoms with Crippen LogP contribution in [-0.2, 0) is 10.8 Å². The first kappa shape index (κ1) is 43.2. The average molecular weight is 841 g/mol. The molecule has 0 saturated heterocycles. The Morgan fingerprint density at radius 2 is 1.11 bits per heavy atom. The molecule has 1 atom stereocenters. The number of hydrogen-bond acceptors (Lipinski definition) is 14. The van der Waals surface area contributed by atoms with Crippen molar-refractivity contribution in [2.75, 3.05) is 24.9 Å². The number of nitrogens with one attached hydrogen (secondary N) is 2. The fourth-order valence-electron chi connectivity index (χ4n) is 5.68. The molecule has 8 rings (SSSR count). The van der Waals surface area contributed by atoms with Crippen LogP contribution in [0.15, 0.2) is 94.1 Å². The highest BCUT2D eigenvalue weighted by molar-refractivity contribution is 8.00. The van der Waals surface area contributed by atoms with Crippen molar-refractivity contribution in [3.8, 4) is 11.5 Å². The number of aromatic nitrogens is 6. The van der Waals surface area contributed by atoms with Crippen molar-refractivity contribution in [3.63, 3.8) is 0 Å². The minimum atomic E-state index is -1.25. The first-order valence-corrected chi connectivity index (χ1v) is 21.0. The van der Waals surface area contributed by atoms with Gasteiger partial charge in [-0.1, -0.05) is 35.6 Å². The Labute approximate surface area is 348 Å². The van der Waals surface area contributed by atoms with E-state index < -0.39 is 15.5 Å². The second-order valence-corrected chi connectivity index (χ2v) is 20.2. The standard InChI is InChI=1S/C20H20N4O2S2.C20H20N4OS2.2CH4/c1-20(2,3)28(25)18-8-13-14(9-16(18)26-4)21-10-22-19(13)24-12-5-6-17-15(7-12)23-11-27-17;1-20(2,3)27-18-8-13-14(9-16(18)25-4)21-10-22-19(13)24-12-5-6-17-15(7-12)23-11-26-17;;/h5-11H,1-4H3,(H,21,22,24);5-11H,1-4H3,(H,21,22,24);2*1H4. The molecule has 0 aliphatic rings. The lowest BCUT2D eigenvalue weighted by atomic mass is 10.2. The lowest BCUT2D eigenvalue weighted by Gasteiger charge is -2.20. The van der Waals surface area contributed by atoms with Crippen LogP contribution in [0.1, 0.15) is 56.4 Å². The molecule has 0 aliphatic carbocycles. The molecule has 0 aliphatic heterocycles. The summed E-state index contributed by atoms with van der Waals surface area (Å²) in [7, 11) is 2.02. The lowest BCUT2D eigenvalue weighted by Crippen LogP contribution is -2.22. The number of thioether (sulfide) groups is 1. The number of benzene rings is 4. The van der Waals surface area contributed by atoms with Gasteiger partial charge in [-0.15, -0.1) is 34.4 Å². The van der Waals surface area contributed by atoms with Crippen molar-refractivity contribution >= 4 is 110 Å². The molecule has 4 aromatic carbocycles. The molecule has 4 heterocycles. The Morgan fingerprint density at radius 3 is 1.58 bits per heavy atom. The molecule has 2 N–H and O–H groups in total. The Hall–Kier alpha value is -4.96. The van der Waals surface area contributed by atoms with E-state index in [-0.39, 0.29) is 19.6 Å². The number of methoxy groups -OCH3 is 2. The number of thiazole rings is 2. The van der Waals surface area contributed by atoms with Gasteiger partial charge in [0.05, 0.1) is 77.3 Å². The summed E-state index contributed by atoms with van der Waals surface area (Å²) in [6.07, 6.45) is 3.08. The van der Waals surface area contributed by atoms with Gasteiger partial charge in [0.25, 0.3) is 0 Å². The first-order valence-electron chi connectivity index (χ1n) is 17.3. The lowest BCUT2D eigenvalue weighted by molar-refractivity contribution is 0.404. The van der Waals surface area contributed by atoms with Gasteiger partial charge in [0.15, 0.2) is 0 Å². The van der Waals surface area contributed by atoms with E-state index in [1.165, 1.54) is 11.0 Å². The third kappa shape index (κ3) is 9.78. The van der Waals surface area contributed by atoms with E-state index >= 15 is 0 Å². The second-order valence-electron chi connectivity index (χ2n) is 14.4. The van der Waals surface area contributed by atoms with Crippen LogP contribution in [-0.4, -0.2) is 57.8 Å². The van der Waals surface area contributed by atoms with Crippen molar-refractivity contribution in [2.45, 2.75) is 75.7 Å². The zero-order chi connectivity index (χ0) is 38.9. The summed E-state index contributed by atoms with van der Waals surface area (Å²) in [6, 6.07) is 19.9. The molecule has 4 aromatic heterocycles. The predicted octanol–water partition coefficient (Wildman–Crippen LogP) is 12.1. The largest absolute Gasteiger partial charge is 0.496 e. The highest BCUT2D eigenvalue weighted by atomic mass is 32.2. The molecule has 57 heavy (non-hydrogen) atoms. The van der Waals surface area contributed by atoms with Crippen LogP contribution in [0.5, 0.6) is 11.5 Å². The van der Waals surface area contributed by atoms with Crippen molar-refractivity contribution in [1.82, 2.24) is 29.9 Å². The normalized spacial score (nSPS) is 12.0. The fourth-order valence-corrected chi connectivity index (χ4v) is 9.28. The molecular formula is C42H48N8O3S4. The molecule has 15 heteroatoms. The summed E-state index contributed by atoms with van der Waals surface area (Å²) < 4.78 is 26.1. The maximum Gasteiger partial charge on any atom is 0.141 e. The minimum absolute atomic E-state index is 0. The van der Waals surface area contributed by atoms with E-state index in [2.05, 4.69) is 73.4 Å². The van der Waals surface area contributed by atoms with E-state index in [0.717, 1.165) is 65.4 Å². The zero-order valence-electron chi connectivity index (χ0n) is 31.6. The van der Waals surface area contributed by atoms with Crippen LogP contribution in [0.3, 0.4) is 0 Å². The van der Waals surface area contributed by atoms with Crippen LogP contribution in [0.4, 0.5) is 23.0 Å². The van der Waals surface area contributed by atoms with Crippen LogP contribution in [0.25, 0.3) is 42.2 Å². The summed E-state index contributed by atoms with van der Waals surface area (Å²) in [6.45, 7) is 12.4. The number of nitrogens with zero attached hydrogens (tertiary/aromatic N) is 6. The van der Waals surface area contributed by atoms with Gasteiger partial charge in [-0.25, -0.2) is 29.9 Å². The molecule has 11 nitrogen and oxygen atoms in total. The van der Waals surface area contributed by atoms with Gasteiger partial charge in [-0.2, -0.15) is 0 Å². The predicted molar refractivity (Wildman–Crippen MR) is 243 cm³/mol. The average Bonchev–Trinajstić information content (AvgIpc) is 3.83. The smallest absolute Gasteiger partial charge is 0.141 e. The van der Waals surface area contributed by atoms with Crippen molar-refractivity contribution in [2.24, 2.45) is 0 Å². The molecule has 0 amide bonds. The van der Waals surface area contributed by atoms with Gasteiger partial charge < -0.3 is 20.1 Å². The number of fused-ring (bicyclic) bond motifs is 4. The molecule has 0 spiro atoms. The molecule has 298 valence electrons. The second kappa shape index (κ2) is 17.7. The number of hydrogen-bond donors (Lipinski definition) is 2. The number of anilines is 4. The summed E-state index contributed by atoms with van der Waals surface area (Å²) in [4.78, 5) is 28.1. The number of rotatable bonds is 8. The highest BCUT2D eigenvalue weighted by Gasteiger charge is 2.26. The fraction of sp³-hybridized carbons (Fsp3) is 0.286. The maximum absolute atomic E-state index is 13.0. The molecule has 8 aromatic rings. The molecule has 0 bridgehead atoms. The summed E-state index contributed by atoms with van der Waals surface area (Å²) in [5.41, 5.74) is 9.00. The zero-order valence-corrected chi connectivity index (χ0v) is 34.9. The summed E-state index contributed by atoms with van der Waals surface area (Å²) in [5.74, 6) is 2.81. The van der Waals surface area contributed by atoms with E-state index in [0.29, 0.717) is 16.5 Å². The Bertz CT molecular complexity index is 2690. The van der Waals surface area contributed by atoms with Gasteiger partial charge in [0.2, 0.25) is 0 Å². The van der Waals surface area contributed by atoms with Crippen molar-refractivity contribution < 1.29 is 13.7 Å². The van der Waals surface area contributed by atoms with Gasteiger partial charge in [-0.05, 0) is 69.3 Å². The Morgan fingerprint density at radius 1 is 0.614 bits per heavy atom. The van der Waals surface area contributed by atoms with Crippen LogP contribution < -0.4 is 20.1 Å². The highest BCUT2D eigenvalue weighted by Crippen LogP contribution is 2.41. The van der Waals surface area contributed by atoms with Gasteiger partial charge >= 0.3 is 0 Å². The van der Waals surface area contributed by atoms with Gasteiger partial charge in [-0.3, -0.25) is 4.21 Å². The van der Waals surface area contributed by atoms with Crippen molar-refractivity contribution in [1.29, 1.82) is 0 Å². The minimum Gasteiger partial charge on any atom is -0.496 e. The van der Waals surface area contributed by atoms with E-state index in [1.54, 1.807) is 55.0 Å². The van der Waals surface area contributed by atoms with E-state index in [4.69, 9.17) is 9.47 Å². The number of ether oxygens (including phenoxy) is 2. The molecule has 1 unspecified atom stereocenters. The first-order chi connectivity index (χ1) is 26.3. The molecule has 0 saturated carbocycles. The third-order valence-electron chi connectivity index (χ3n) is 8.20. The maximum atomic E-state index is 13.0. The van der Waals surface area contributed by atoms with Crippen LogP contribution in [0, 0.1) is 0 Å². The van der Waals surface area contributed by atoms with Crippen molar-refractivity contribution in [3.05, 3.63) is 84.3 Å². The Balaban J connectivity index is 0.000000210. The van der Waals surface area contributed by atoms with E-state index in [9.17, 15) is 4.21 Å². The summed E-state index contributed by atoms with van der Waals surface area (Å²) in [5, 5.41) is 8.51. The SMILES string of the molecule is C.C.COc1cc2ncnc(Nc3ccc4scnc4c3)c2cc1S(=O)C(C)(C)C.COc1cc2ncnc(Nc3ccc4scnc4c3)c2cc1SC(C)(C)C. The monoisotopic (exact) mass is 840 g/mol. The van der Waals surface area contributed by atoms with E-state index in [1.807, 2.05) is 80.3 Å². The molecular weight excluding hydrogens is 793 g/mol. The van der Waals surface area contributed by atoms with Gasteiger partial charge in [0, 0.05) is 43.8 Å². The van der Waals surface area contributed by atoms with Crippen LogP contribution >= 0.6 is 34.4 Å². The topological polar surface area (TPSA) is 137 Å². The molecule has 0 radical (unpaired) electrons. The molecule has 0 fully saturated rings. The quantitative estimate of drug-likeness (QED) is 0.141. The Kier molecular flexibility index (Phi) is 13.4. The summed E-state index contributed by atoms with van der Waals surface area (Å²) >= 11 is 5.01. The van der Waals surface area contributed by atoms with Crippen LogP contribution in [0.2, 0.25) is 0 Å². The van der Waals surface area contributed by atoms with Gasteiger partial charge in [0.1, 0.15) is 35.8 Å².